The molecule has 0 N–H and O–H groups in total. The zero-order valence-electron chi connectivity index (χ0n) is 21.7. The number of rotatable bonds is 9. The molecule has 31 heavy (non-hydrogen) atoms. The van der Waals surface area contributed by atoms with Crippen LogP contribution < -0.4 is 0 Å². The molecule has 0 bridgehead atoms. The Kier molecular flexibility index (Phi) is 7.60. The highest BCUT2D eigenvalue weighted by Crippen LogP contribution is 2.55. The topological polar surface area (TPSA) is 0 Å². The molecule has 0 heteroatoms. The molecular weight excluding hydrogens is 372 g/mol. The standard InChI is InChI=1S/C31H48/c1-9-11-12-13-25-19-23(4)29(26(21-25)20-24(5)31(10-2)16-17-31)27-18-22(3)14-15-28(27)30(6,7)8/h14,19,21,27-28H,5,9-13,15-18,20H2,1-4,6-8H3. The summed E-state index contributed by atoms with van der Waals surface area (Å²) >= 11 is 0. The van der Waals surface area contributed by atoms with Gasteiger partial charge in [-0.15, -0.1) is 0 Å². The van der Waals surface area contributed by atoms with E-state index in [0.717, 1.165) is 6.42 Å². The van der Waals surface area contributed by atoms with Gasteiger partial charge in [-0.1, -0.05) is 83.4 Å². The van der Waals surface area contributed by atoms with E-state index in [4.69, 9.17) is 0 Å². The molecule has 3 rings (SSSR count). The van der Waals surface area contributed by atoms with Crippen molar-refractivity contribution < 1.29 is 0 Å². The number of aryl methyl sites for hydroxylation is 2. The predicted octanol–water partition coefficient (Wildman–Crippen LogP) is 9.50. The van der Waals surface area contributed by atoms with Gasteiger partial charge in [-0.2, -0.15) is 0 Å². The summed E-state index contributed by atoms with van der Waals surface area (Å²) in [5.41, 5.74) is 10.2. The summed E-state index contributed by atoms with van der Waals surface area (Å²) in [4.78, 5) is 0. The second kappa shape index (κ2) is 9.68. The van der Waals surface area contributed by atoms with Gasteiger partial charge in [-0.25, -0.2) is 0 Å². The molecule has 172 valence electrons. The van der Waals surface area contributed by atoms with Crippen LogP contribution in [0.2, 0.25) is 0 Å². The fourth-order valence-corrected chi connectivity index (χ4v) is 6.20. The van der Waals surface area contributed by atoms with Crippen LogP contribution in [0.1, 0.15) is 121 Å². The van der Waals surface area contributed by atoms with Crippen LogP contribution >= 0.6 is 0 Å². The van der Waals surface area contributed by atoms with Gasteiger partial charge in [0.2, 0.25) is 0 Å². The summed E-state index contributed by atoms with van der Waals surface area (Å²) in [7, 11) is 0. The lowest BCUT2D eigenvalue weighted by Gasteiger charge is -2.41. The number of allylic oxidation sites excluding steroid dienone is 3. The molecule has 0 nitrogen and oxygen atoms in total. The average molecular weight is 421 g/mol. The first-order valence-electron chi connectivity index (χ1n) is 13.1. The summed E-state index contributed by atoms with van der Waals surface area (Å²) < 4.78 is 0. The first-order chi connectivity index (χ1) is 14.6. The smallest absolute Gasteiger partial charge is 0.00612 e. The Bertz CT molecular complexity index is 809. The summed E-state index contributed by atoms with van der Waals surface area (Å²) in [5, 5.41) is 0. The zero-order valence-corrected chi connectivity index (χ0v) is 21.7. The lowest BCUT2D eigenvalue weighted by Crippen LogP contribution is -2.30. The largest absolute Gasteiger partial charge is 0.0990 e. The third-order valence-electron chi connectivity index (χ3n) is 8.52. The Hall–Kier alpha value is -1.30. The molecule has 0 radical (unpaired) electrons. The van der Waals surface area contributed by atoms with Crippen LogP contribution in [-0.4, -0.2) is 0 Å². The highest BCUT2D eigenvalue weighted by Gasteiger charge is 2.43. The number of hydrogen-bond donors (Lipinski definition) is 0. The summed E-state index contributed by atoms with van der Waals surface area (Å²) in [5.74, 6) is 1.34. The van der Waals surface area contributed by atoms with Gasteiger partial charge < -0.3 is 0 Å². The molecule has 2 atom stereocenters. The molecular formula is C31H48. The van der Waals surface area contributed by atoms with Crippen LogP contribution in [-0.2, 0) is 12.8 Å². The molecule has 1 aromatic carbocycles. The molecule has 2 aliphatic carbocycles. The Morgan fingerprint density at radius 2 is 1.81 bits per heavy atom. The van der Waals surface area contributed by atoms with Gasteiger partial charge in [0.25, 0.3) is 0 Å². The minimum absolute atomic E-state index is 0.323. The van der Waals surface area contributed by atoms with Crippen molar-refractivity contribution in [3.8, 4) is 0 Å². The van der Waals surface area contributed by atoms with Crippen molar-refractivity contribution >= 4 is 0 Å². The lowest BCUT2D eigenvalue weighted by atomic mass is 9.63. The van der Waals surface area contributed by atoms with Gasteiger partial charge in [0.05, 0.1) is 0 Å². The summed E-state index contributed by atoms with van der Waals surface area (Å²) in [6.45, 7) is 21.4. The first-order valence-corrected chi connectivity index (χ1v) is 13.1. The molecule has 0 amide bonds. The third-order valence-corrected chi connectivity index (χ3v) is 8.52. The average Bonchev–Trinajstić information content (AvgIpc) is 3.48. The van der Waals surface area contributed by atoms with Crippen molar-refractivity contribution in [1.29, 1.82) is 0 Å². The minimum Gasteiger partial charge on any atom is -0.0990 e. The normalized spacial score (nSPS) is 22.9. The van der Waals surface area contributed by atoms with Crippen molar-refractivity contribution in [3.05, 3.63) is 58.2 Å². The van der Waals surface area contributed by atoms with E-state index >= 15 is 0 Å². The second-order valence-electron chi connectivity index (χ2n) is 11.9. The van der Waals surface area contributed by atoms with Crippen LogP contribution in [0.25, 0.3) is 0 Å². The fourth-order valence-electron chi connectivity index (χ4n) is 6.20. The van der Waals surface area contributed by atoms with E-state index < -0.39 is 0 Å². The van der Waals surface area contributed by atoms with E-state index in [1.54, 1.807) is 22.3 Å². The van der Waals surface area contributed by atoms with Crippen molar-refractivity contribution in [3.63, 3.8) is 0 Å². The third kappa shape index (κ3) is 5.55. The van der Waals surface area contributed by atoms with Gasteiger partial charge in [0, 0.05) is 0 Å². The van der Waals surface area contributed by atoms with Crippen LogP contribution in [0, 0.1) is 23.7 Å². The van der Waals surface area contributed by atoms with Crippen molar-refractivity contribution in [2.75, 3.05) is 0 Å². The van der Waals surface area contributed by atoms with Gasteiger partial charge in [0.1, 0.15) is 0 Å². The van der Waals surface area contributed by atoms with E-state index in [9.17, 15) is 0 Å². The molecule has 2 unspecified atom stereocenters. The van der Waals surface area contributed by atoms with E-state index in [1.165, 1.54) is 68.9 Å². The monoisotopic (exact) mass is 420 g/mol. The molecule has 1 fully saturated rings. The van der Waals surface area contributed by atoms with Gasteiger partial charge in [-0.05, 0) is 110 Å². The quantitative estimate of drug-likeness (QED) is 0.275. The van der Waals surface area contributed by atoms with E-state index in [1.807, 2.05) is 0 Å². The molecule has 0 spiro atoms. The minimum atomic E-state index is 0.323. The van der Waals surface area contributed by atoms with Crippen molar-refractivity contribution in [1.82, 2.24) is 0 Å². The van der Waals surface area contributed by atoms with Crippen LogP contribution in [0.3, 0.4) is 0 Å². The Labute approximate surface area is 193 Å². The van der Waals surface area contributed by atoms with Crippen molar-refractivity contribution in [2.45, 2.75) is 119 Å². The van der Waals surface area contributed by atoms with Crippen LogP contribution in [0.15, 0.2) is 35.9 Å². The molecule has 0 saturated heterocycles. The number of benzene rings is 1. The van der Waals surface area contributed by atoms with E-state index in [-0.39, 0.29) is 0 Å². The number of unbranched alkanes of at least 4 members (excludes halogenated alkanes) is 2. The fraction of sp³-hybridized carbons (Fsp3) is 0.677. The molecule has 1 saturated carbocycles. The number of hydrogen-bond acceptors (Lipinski definition) is 0. The summed E-state index contributed by atoms with van der Waals surface area (Å²) in [6.07, 6.45) is 15.1. The van der Waals surface area contributed by atoms with Gasteiger partial charge >= 0.3 is 0 Å². The zero-order chi connectivity index (χ0) is 22.8. The predicted molar refractivity (Wildman–Crippen MR) is 138 cm³/mol. The maximum atomic E-state index is 4.65. The highest BCUT2D eigenvalue weighted by atomic mass is 14.5. The first kappa shape index (κ1) is 24.3. The molecule has 1 aromatic rings. The second-order valence-corrected chi connectivity index (χ2v) is 11.9. The van der Waals surface area contributed by atoms with Gasteiger partial charge in [0.15, 0.2) is 0 Å². The Balaban J connectivity index is 2.02. The molecule has 2 aliphatic rings. The highest BCUT2D eigenvalue weighted by molar-refractivity contribution is 5.45. The maximum Gasteiger partial charge on any atom is -0.00612 e. The Morgan fingerprint density at radius 3 is 2.39 bits per heavy atom. The molecule has 0 heterocycles. The maximum absolute atomic E-state index is 4.65. The Morgan fingerprint density at radius 1 is 1.10 bits per heavy atom. The summed E-state index contributed by atoms with van der Waals surface area (Å²) in [6, 6.07) is 5.11. The molecule has 0 aliphatic heterocycles. The molecule has 0 aromatic heterocycles. The SMILES string of the molecule is C=C(Cc1cc(CCCCC)cc(C)c1C1CC(C)=CCC1C(C)(C)C)C1(CC)CC1. The van der Waals surface area contributed by atoms with Gasteiger partial charge in [-0.3, -0.25) is 0 Å². The van der Waals surface area contributed by atoms with E-state index in [0.29, 0.717) is 22.7 Å². The van der Waals surface area contributed by atoms with E-state index in [2.05, 4.69) is 73.3 Å². The van der Waals surface area contributed by atoms with Crippen molar-refractivity contribution in [2.24, 2.45) is 16.7 Å². The van der Waals surface area contributed by atoms with Crippen LogP contribution in [0.5, 0.6) is 0 Å². The lowest BCUT2D eigenvalue weighted by molar-refractivity contribution is 0.191. The van der Waals surface area contributed by atoms with Crippen LogP contribution in [0.4, 0.5) is 0 Å².